The van der Waals surface area contributed by atoms with E-state index in [2.05, 4.69) is 12.2 Å². The van der Waals surface area contributed by atoms with E-state index >= 15 is 0 Å². The second-order valence-electron chi connectivity index (χ2n) is 6.65. The molecule has 5 heteroatoms. The summed E-state index contributed by atoms with van der Waals surface area (Å²) in [5.74, 6) is 0.0373. The number of amides is 1. The largest absolute Gasteiger partial charge is 0.450 e. The first-order chi connectivity index (χ1) is 11.5. The Morgan fingerprint density at radius 1 is 1.21 bits per heavy atom. The van der Waals surface area contributed by atoms with E-state index in [4.69, 9.17) is 9.15 Å². The van der Waals surface area contributed by atoms with Crippen molar-refractivity contribution < 1.29 is 18.7 Å². The van der Waals surface area contributed by atoms with E-state index in [0.29, 0.717) is 5.58 Å². The molecule has 0 atom stereocenters. The van der Waals surface area contributed by atoms with Crippen molar-refractivity contribution in [1.29, 1.82) is 0 Å². The molecular formula is C19H23NO4. The van der Waals surface area contributed by atoms with Gasteiger partial charge in [0.1, 0.15) is 5.58 Å². The van der Waals surface area contributed by atoms with Crippen molar-refractivity contribution in [2.24, 2.45) is 5.92 Å². The maximum Gasteiger partial charge on any atom is 0.375 e. The molecule has 0 aliphatic heterocycles. The van der Waals surface area contributed by atoms with Gasteiger partial charge >= 0.3 is 5.97 Å². The number of aryl methyl sites for hydroxylation is 1. The highest BCUT2D eigenvalue weighted by Gasteiger charge is 2.22. The van der Waals surface area contributed by atoms with Gasteiger partial charge in [0.25, 0.3) is 5.91 Å². The van der Waals surface area contributed by atoms with Crippen LogP contribution >= 0.6 is 0 Å². The summed E-state index contributed by atoms with van der Waals surface area (Å²) in [7, 11) is 0. The first kappa shape index (κ1) is 16.6. The number of ether oxygens (including phenoxy) is 1. The van der Waals surface area contributed by atoms with Gasteiger partial charge in [0.15, 0.2) is 6.61 Å². The molecular weight excluding hydrogens is 306 g/mol. The maximum absolute atomic E-state index is 12.2. The van der Waals surface area contributed by atoms with Crippen LogP contribution < -0.4 is 5.32 Å². The number of hydrogen-bond donors (Lipinski definition) is 1. The second-order valence-corrected chi connectivity index (χ2v) is 6.65. The number of fused-ring (bicyclic) bond motifs is 1. The number of hydrogen-bond acceptors (Lipinski definition) is 4. The highest BCUT2D eigenvalue weighted by atomic mass is 16.5. The lowest BCUT2D eigenvalue weighted by atomic mass is 9.87. The predicted octanol–water partition coefficient (Wildman–Crippen LogP) is 3.59. The molecule has 1 aliphatic carbocycles. The van der Waals surface area contributed by atoms with Crippen LogP contribution in [0.2, 0.25) is 0 Å². The van der Waals surface area contributed by atoms with Gasteiger partial charge in [-0.25, -0.2) is 4.79 Å². The fraction of sp³-hybridized carbons (Fsp3) is 0.474. The number of carbonyl (C=O) groups is 2. The van der Waals surface area contributed by atoms with Crippen LogP contribution in [0.25, 0.3) is 11.0 Å². The Bertz CT molecular complexity index is 741. The Morgan fingerprint density at radius 3 is 2.62 bits per heavy atom. The van der Waals surface area contributed by atoms with E-state index in [1.165, 1.54) is 0 Å². The third-order valence-electron chi connectivity index (χ3n) is 4.74. The van der Waals surface area contributed by atoms with Crippen LogP contribution in [-0.4, -0.2) is 24.5 Å². The molecule has 1 saturated carbocycles. The molecule has 1 amide bonds. The minimum absolute atomic E-state index is 0.162. The van der Waals surface area contributed by atoms with Crippen LogP contribution in [-0.2, 0) is 9.53 Å². The number of nitrogens with one attached hydrogen (secondary N) is 1. The van der Waals surface area contributed by atoms with Crippen molar-refractivity contribution in [2.75, 3.05) is 6.61 Å². The average Bonchev–Trinajstić information content (AvgIpc) is 2.92. The van der Waals surface area contributed by atoms with Gasteiger partial charge in [0, 0.05) is 17.0 Å². The molecule has 3 rings (SSSR count). The molecule has 5 nitrogen and oxygen atoms in total. The molecule has 0 unspecified atom stereocenters. The third-order valence-corrected chi connectivity index (χ3v) is 4.74. The Labute approximate surface area is 141 Å². The first-order valence-corrected chi connectivity index (χ1v) is 8.49. The summed E-state index contributed by atoms with van der Waals surface area (Å²) >= 11 is 0. The molecule has 0 saturated heterocycles. The molecule has 1 heterocycles. The zero-order valence-corrected chi connectivity index (χ0v) is 14.1. The number of benzene rings is 1. The van der Waals surface area contributed by atoms with Crippen molar-refractivity contribution in [3.8, 4) is 0 Å². The van der Waals surface area contributed by atoms with E-state index in [0.717, 1.165) is 42.6 Å². The molecule has 2 aromatic rings. The summed E-state index contributed by atoms with van der Waals surface area (Å²) < 4.78 is 10.7. The number of esters is 1. The fourth-order valence-corrected chi connectivity index (χ4v) is 3.24. The van der Waals surface area contributed by atoms with Crippen LogP contribution in [0.1, 0.15) is 48.7 Å². The Balaban J connectivity index is 1.54. The molecule has 1 aromatic carbocycles. The number of rotatable bonds is 4. The zero-order valence-electron chi connectivity index (χ0n) is 14.1. The highest BCUT2D eigenvalue weighted by Crippen LogP contribution is 2.25. The van der Waals surface area contributed by atoms with Crippen LogP contribution in [0, 0.1) is 12.8 Å². The SMILES string of the molecule is Cc1c(C(=O)OCC(=O)NC2CCC(C)CC2)oc2ccccc12. The summed E-state index contributed by atoms with van der Waals surface area (Å²) in [6.07, 6.45) is 4.24. The standard InChI is InChI=1S/C19H23NO4/c1-12-7-9-14(10-8-12)20-17(21)11-23-19(22)18-13(2)15-5-3-4-6-16(15)24-18/h3-6,12,14H,7-11H2,1-2H3,(H,20,21). The lowest BCUT2D eigenvalue weighted by Gasteiger charge is -2.26. The van der Waals surface area contributed by atoms with Crippen molar-refractivity contribution in [2.45, 2.75) is 45.6 Å². The molecule has 1 aromatic heterocycles. The van der Waals surface area contributed by atoms with E-state index in [9.17, 15) is 9.59 Å². The summed E-state index contributed by atoms with van der Waals surface area (Å²) in [4.78, 5) is 24.1. The van der Waals surface area contributed by atoms with Crippen molar-refractivity contribution in [3.63, 3.8) is 0 Å². The van der Waals surface area contributed by atoms with Gasteiger partial charge in [-0.3, -0.25) is 4.79 Å². The smallest absolute Gasteiger partial charge is 0.375 e. The molecule has 0 bridgehead atoms. The summed E-state index contributed by atoms with van der Waals surface area (Å²) in [6, 6.07) is 7.62. The number of furan rings is 1. The quantitative estimate of drug-likeness (QED) is 0.870. The lowest BCUT2D eigenvalue weighted by molar-refractivity contribution is -0.125. The van der Waals surface area contributed by atoms with E-state index in [1.54, 1.807) is 6.07 Å². The van der Waals surface area contributed by atoms with Gasteiger partial charge in [0.2, 0.25) is 5.76 Å². The van der Waals surface area contributed by atoms with Gasteiger partial charge in [-0.1, -0.05) is 25.1 Å². The van der Waals surface area contributed by atoms with Crippen molar-refractivity contribution >= 4 is 22.8 Å². The van der Waals surface area contributed by atoms with E-state index in [-0.39, 0.29) is 24.3 Å². The Morgan fingerprint density at radius 2 is 1.92 bits per heavy atom. The molecule has 128 valence electrons. The molecule has 0 spiro atoms. The normalized spacial score (nSPS) is 20.8. The maximum atomic E-state index is 12.2. The summed E-state index contributed by atoms with van der Waals surface area (Å²) in [6.45, 7) is 3.77. The van der Waals surface area contributed by atoms with Gasteiger partial charge in [0.05, 0.1) is 0 Å². The molecule has 1 aliphatic rings. The average molecular weight is 329 g/mol. The van der Waals surface area contributed by atoms with Crippen LogP contribution in [0.4, 0.5) is 0 Å². The number of para-hydroxylation sites is 1. The Hall–Kier alpha value is -2.30. The van der Waals surface area contributed by atoms with Crippen LogP contribution in [0.3, 0.4) is 0 Å². The van der Waals surface area contributed by atoms with Crippen molar-refractivity contribution in [3.05, 3.63) is 35.6 Å². The van der Waals surface area contributed by atoms with Crippen molar-refractivity contribution in [1.82, 2.24) is 5.32 Å². The van der Waals surface area contributed by atoms with Crippen LogP contribution in [0.15, 0.2) is 28.7 Å². The second kappa shape index (κ2) is 7.07. The monoisotopic (exact) mass is 329 g/mol. The first-order valence-electron chi connectivity index (χ1n) is 8.49. The van der Waals surface area contributed by atoms with E-state index in [1.807, 2.05) is 25.1 Å². The van der Waals surface area contributed by atoms with Gasteiger partial charge < -0.3 is 14.5 Å². The Kier molecular flexibility index (Phi) is 4.88. The third kappa shape index (κ3) is 3.61. The van der Waals surface area contributed by atoms with Gasteiger partial charge in [-0.05, 0) is 44.6 Å². The molecule has 1 fully saturated rings. The molecule has 1 N–H and O–H groups in total. The molecule has 0 radical (unpaired) electrons. The lowest BCUT2D eigenvalue weighted by Crippen LogP contribution is -2.39. The number of carbonyl (C=O) groups excluding carboxylic acids is 2. The topological polar surface area (TPSA) is 68.5 Å². The van der Waals surface area contributed by atoms with E-state index < -0.39 is 5.97 Å². The summed E-state index contributed by atoms with van der Waals surface area (Å²) in [5, 5.41) is 3.82. The zero-order chi connectivity index (χ0) is 17.1. The van der Waals surface area contributed by atoms with Gasteiger partial charge in [-0.15, -0.1) is 0 Å². The van der Waals surface area contributed by atoms with Crippen LogP contribution in [0.5, 0.6) is 0 Å². The minimum Gasteiger partial charge on any atom is -0.450 e. The fourth-order valence-electron chi connectivity index (χ4n) is 3.24. The predicted molar refractivity (Wildman–Crippen MR) is 90.8 cm³/mol. The highest BCUT2D eigenvalue weighted by molar-refractivity contribution is 5.96. The summed E-state index contributed by atoms with van der Waals surface area (Å²) in [5.41, 5.74) is 1.38. The van der Waals surface area contributed by atoms with Gasteiger partial charge in [-0.2, -0.15) is 0 Å². The minimum atomic E-state index is -0.601. The molecule has 24 heavy (non-hydrogen) atoms.